The molecule has 0 radical (unpaired) electrons. The van der Waals surface area contributed by atoms with Gasteiger partial charge in [-0.2, -0.15) is 5.26 Å². The minimum Gasteiger partial charge on any atom is -0.330 e. The number of hydrogen-bond donors (Lipinski definition) is 0. The third kappa shape index (κ3) is 3.77. The number of imidazole rings is 1. The molecule has 0 unspecified atom stereocenters. The number of aromatic nitrogens is 2. The van der Waals surface area contributed by atoms with Crippen LogP contribution in [0.15, 0.2) is 79.1 Å². The van der Waals surface area contributed by atoms with Gasteiger partial charge in [-0.25, -0.2) is 4.98 Å². The Bertz CT molecular complexity index is 1210. The number of hydrogen-bond acceptors (Lipinski definition) is 2. The van der Waals surface area contributed by atoms with Gasteiger partial charge in [0.1, 0.15) is 5.82 Å². The van der Waals surface area contributed by atoms with Crippen LogP contribution in [0.5, 0.6) is 0 Å². The molecule has 0 saturated heterocycles. The second-order valence-electron chi connectivity index (χ2n) is 7.78. The number of nitriles is 1. The molecular weight excluding hydrogens is 366 g/mol. The molecule has 4 rings (SSSR count). The molecule has 3 aromatic carbocycles. The summed E-state index contributed by atoms with van der Waals surface area (Å²) < 4.78 is 2.23. The Kier molecular flexibility index (Phi) is 5.50. The lowest BCUT2D eigenvalue weighted by molar-refractivity contribution is 0.687. The minimum absolute atomic E-state index is 0.224. The summed E-state index contributed by atoms with van der Waals surface area (Å²) in [5.41, 5.74) is 7.91. The fraction of sp³-hybridized carbons (Fsp3) is 0.185. The van der Waals surface area contributed by atoms with Crippen LogP contribution in [0, 0.1) is 25.2 Å². The first kappa shape index (κ1) is 19.7. The Balaban J connectivity index is 1.59. The fourth-order valence-corrected chi connectivity index (χ4v) is 4.04. The summed E-state index contributed by atoms with van der Waals surface area (Å²) in [6.45, 7) is 7.34. The Morgan fingerprint density at radius 3 is 2.50 bits per heavy atom. The Morgan fingerprint density at radius 1 is 0.967 bits per heavy atom. The van der Waals surface area contributed by atoms with Crippen molar-refractivity contribution in [3.05, 3.63) is 113 Å². The van der Waals surface area contributed by atoms with E-state index in [4.69, 9.17) is 0 Å². The predicted molar refractivity (Wildman–Crippen MR) is 121 cm³/mol. The van der Waals surface area contributed by atoms with E-state index < -0.39 is 0 Å². The van der Waals surface area contributed by atoms with E-state index in [2.05, 4.69) is 85.1 Å². The molecule has 4 aromatic rings. The van der Waals surface area contributed by atoms with E-state index in [1.807, 2.05) is 30.5 Å². The van der Waals surface area contributed by atoms with Gasteiger partial charge >= 0.3 is 0 Å². The molecule has 1 heterocycles. The van der Waals surface area contributed by atoms with Crippen molar-refractivity contribution in [3.8, 4) is 17.2 Å². The van der Waals surface area contributed by atoms with Crippen molar-refractivity contribution in [3.63, 3.8) is 0 Å². The van der Waals surface area contributed by atoms with Crippen molar-refractivity contribution in [1.29, 1.82) is 5.26 Å². The van der Waals surface area contributed by atoms with Crippen LogP contribution >= 0.6 is 0 Å². The van der Waals surface area contributed by atoms with Crippen LogP contribution < -0.4 is 0 Å². The van der Waals surface area contributed by atoms with E-state index in [0.29, 0.717) is 5.56 Å². The fourth-order valence-electron chi connectivity index (χ4n) is 4.04. The lowest BCUT2D eigenvalue weighted by atomic mass is 9.93. The molecule has 0 aliphatic rings. The summed E-state index contributed by atoms with van der Waals surface area (Å²) in [7, 11) is 0. The molecule has 148 valence electrons. The normalized spacial score (nSPS) is 11.8. The quantitative estimate of drug-likeness (QED) is 0.404. The van der Waals surface area contributed by atoms with Gasteiger partial charge in [0.2, 0.25) is 0 Å². The highest BCUT2D eigenvalue weighted by molar-refractivity contribution is 5.70. The van der Waals surface area contributed by atoms with Gasteiger partial charge in [0, 0.05) is 24.9 Å². The number of nitrogens with zero attached hydrogens (tertiary/aromatic N) is 3. The molecule has 0 spiro atoms. The standard InChI is InChI=1S/C27H25N3/c1-19-7-6-10-25(20(19)2)21(3)27-29-15-16-30(27)18-22-11-13-23(14-12-22)26-9-5-4-8-24(26)17-28/h4-16,21H,18H2,1-3H3/t21-/m0/s1. The van der Waals surface area contributed by atoms with Crippen molar-refractivity contribution in [1.82, 2.24) is 9.55 Å². The molecule has 0 fully saturated rings. The van der Waals surface area contributed by atoms with Gasteiger partial charge in [-0.05, 0) is 53.3 Å². The van der Waals surface area contributed by atoms with Gasteiger partial charge in [0.15, 0.2) is 0 Å². The van der Waals surface area contributed by atoms with E-state index in [-0.39, 0.29) is 5.92 Å². The van der Waals surface area contributed by atoms with E-state index in [0.717, 1.165) is 23.5 Å². The molecule has 0 aliphatic carbocycles. The second-order valence-corrected chi connectivity index (χ2v) is 7.78. The van der Waals surface area contributed by atoms with Crippen molar-refractivity contribution >= 4 is 0 Å². The van der Waals surface area contributed by atoms with Gasteiger partial charge in [-0.15, -0.1) is 0 Å². The lowest BCUT2D eigenvalue weighted by Crippen LogP contribution is -2.10. The maximum atomic E-state index is 9.36. The maximum Gasteiger partial charge on any atom is 0.116 e. The van der Waals surface area contributed by atoms with Crippen LogP contribution in [0.2, 0.25) is 0 Å². The Hall–Kier alpha value is -3.64. The summed E-state index contributed by atoms with van der Waals surface area (Å²) in [6, 6.07) is 24.9. The van der Waals surface area contributed by atoms with Crippen molar-refractivity contribution in [2.24, 2.45) is 0 Å². The molecule has 3 heteroatoms. The zero-order valence-electron chi connectivity index (χ0n) is 17.6. The molecule has 3 nitrogen and oxygen atoms in total. The molecule has 0 bridgehead atoms. The number of rotatable bonds is 5. The molecule has 30 heavy (non-hydrogen) atoms. The predicted octanol–water partition coefficient (Wildman–Crippen LogP) is 6.24. The summed E-state index contributed by atoms with van der Waals surface area (Å²) in [4.78, 5) is 4.67. The van der Waals surface area contributed by atoms with Crippen LogP contribution in [0.4, 0.5) is 0 Å². The molecule has 0 amide bonds. The third-order valence-corrected chi connectivity index (χ3v) is 5.91. The van der Waals surface area contributed by atoms with Gasteiger partial charge in [-0.3, -0.25) is 0 Å². The Morgan fingerprint density at radius 2 is 1.73 bits per heavy atom. The summed E-state index contributed by atoms with van der Waals surface area (Å²) in [5, 5.41) is 9.36. The van der Waals surface area contributed by atoms with Gasteiger partial charge in [0.25, 0.3) is 0 Å². The number of benzene rings is 3. The van der Waals surface area contributed by atoms with Crippen LogP contribution in [0.25, 0.3) is 11.1 Å². The lowest BCUT2D eigenvalue weighted by Gasteiger charge is -2.18. The highest BCUT2D eigenvalue weighted by atomic mass is 15.1. The van der Waals surface area contributed by atoms with Crippen LogP contribution in [0.1, 0.15) is 46.5 Å². The van der Waals surface area contributed by atoms with E-state index in [9.17, 15) is 5.26 Å². The zero-order chi connectivity index (χ0) is 21.1. The van der Waals surface area contributed by atoms with Crippen LogP contribution in [-0.4, -0.2) is 9.55 Å². The van der Waals surface area contributed by atoms with E-state index in [1.165, 1.54) is 22.3 Å². The largest absolute Gasteiger partial charge is 0.330 e. The molecule has 0 saturated carbocycles. The Labute approximate surface area is 178 Å². The molecule has 1 atom stereocenters. The second kappa shape index (κ2) is 8.39. The topological polar surface area (TPSA) is 41.6 Å². The average molecular weight is 392 g/mol. The third-order valence-electron chi connectivity index (χ3n) is 5.91. The van der Waals surface area contributed by atoms with Crippen molar-refractivity contribution in [2.75, 3.05) is 0 Å². The molecular formula is C27H25N3. The average Bonchev–Trinajstić information content (AvgIpc) is 3.24. The SMILES string of the molecule is Cc1cccc([C@H](C)c2nccn2Cc2ccc(-c3ccccc3C#N)cc2)c1C. The summed E-state index contributed by atoms with van der Waals surface area (Å²) in [6.07, 6.45) is 3.93. The van der Waals surface area contributed by atoms with Crippen LogP contribution in [0.3, 0.4) is 0 Å². The smallest absolute Gasteiger partial charge is 0.116 e. The van der Waals surface area contributed by atoms with Crippen molar-refractivity contribution < 1.29 is 0 Å². The summed E-state index contributed by atoms with van der Waals surface area (Å²) in [5.74, 6) is 1.30. The first-order chi connectivity index (χ1) is 14.6. The number of aryl methyl sites for hydroxylation is 1. The van der Waals surface area contributed by atoms with Crippen molar-refractivity contribution in [2.45, 2.75) is 33.2 Å². The van der Waals surface area contributed by atoms with Crippen LogP contribution in [-0.2, 0) is 6.54 Å². The highest BCUT2D eigenvalue weighted by Gasteiger charge is 2.17. The molecule has 0 aliphatic heterocycles. The van der Waals surface area contributed by atoms with Gasteiger partial charge in [0.05, 0.1) is 11.6 Å². The monoisotopic (exact) mass is 391 g/mol. The minimum atomic E-state index is 0.224. The highest BCUT2D eigenvalue weighted by Crippen LogP contribution is 2.28. The van der Waals surface area contributed by atoms with E-state index in [1.54, 1.807) is 0 Å². The maximum absolute atomic E-state index is 9.36. The van der Waals surface area contributed by atoms with Gasteiger partial charge in [-0.1, -0.05) is 67.6 Å². The molecule has 0 N–H and O–H groups in total. The van der Waals surface area contributed by atoms with E-state index >= 15 is 0 Å². The van der Waals surface area contributed by atoms with Gasteiger partial charge < -0.3 is 4.57 Å². The first-order valence-electron chi connectivity index (χ1n) is 10.2. The summed E-state index contributed by atoms with van der Waals surface area (Å²) >= 11 is 0. The first-order valence-corrected chi connectivity index (χ1v) is 10.2. The zero-order valence-corrected chi connectivity index (χ0v) is 17.6. The molecule has 1 aromatic heterocycles.